The second-order valence-electron chi connectivity index (χ2n) is 6.45. The third-order valence-corrected chi connectivity index (χ3v) is 4.82. The van der Waals surface area contributed by atoms with Gasteiger partial charge in [0.25, 0.3) is 0 Å². The van der Waals surface area contributed by atoms with E-state index >= 15 is 0 Å². The highest BCUT2D eigenvalue weighted by atomic mass is 32.2. The molecule has 8 heteroatoms. The van der Waals surface area contributed by atoms with Crippen molar-refractivity contribution in [3.63, 3.8) is 0 Å². The van der Waals surface area contributed by atoms with Crippen LogP contribution in [0.25, 0.3) is 0 Å². The second-order valence-corrected chi connectivity index (χ2v) is 8.22. The molecule has 1 atom stereocenters. The van der Waals surface area contributed by atoms with Crippen LogP contribution in [0, 0.1) is 5.92 Å². The van der Waals surface area contributed by atoms with Crippen molar-refractivity contribution in [1.29, 1.82) is 0 Å². The van der Waals surface area contributed by atoms with Crippen molar-refractivity contribution >= 4 is 21.6 Å². The first kappa shape index (κ1) is 20.6. The summed E-state index contributed by atoms with van der Waals surface area (Å²) in [5.74, 6) is 0.0509. The molecule has 0 saturated carbocycles. The molecule has 0 bridgehead atoms. The lowest BCUT2D eigenvalue weighted by Crippen LogP contribution is -2.36. The summed E-state index contributed by atoms with van der Waals surface area (Å²) >= 11 is 0. The molecule has 0 aliphatic heterocycles. The smallest absolute Gasteiger partial charge is 0.241 e. The number of hydrogen-bond acceptors (Lipinski definition) is 5. The highest BCUT2D eigenvalue weighted by molar-refractivity contribution is 7.89. The van der Waals surface area contributed by atoms with Crippen LogP contribution in [-0.4, -0.2) is 52.5 Å². The van der Waals surface area contributed by atoms with Gasteiger partial charge in [-0.25, -0.2) is 13.1 Å². The van der Waals surface area contributed by atoms with Crippen LogP contribution in [-0.2, 0) is 14.8 Å². The van der Waals surface area contributed by atoms with Gasteiger partial charge in [0.15, 0.2) is 0 Å². The van der Waals surface area contributed by atoms with Crippen molar-refractivity contribution in [1.82, 2.24) is 9.62 Å². The molecule has 0 spiro atoms. The molecule has 1 unspecified atom stereocenters. The number of carbonyl (C=O) groups is 1. The molecule has 136 valence electrons. The van der Waals surface area contributed by atoms with Gasteiger partial charge in [0, 0.05) is 18.8 Å². The Kier molecular flexibility index (Phi) is 7.82. The fraction of sp³-hybridized carbons (Fsp3) is 0.562. The maximum Gasteiger partial charge on any atom is 0.241 e. The van der Waals surface area contributed by atoms with Crippen molar-refractivity contribution in [2.24, 2.45) is 11.7 Å². The molecule has 7 nitrogen and oxygen atoms in total. The Morgan fingerprint density at radius 3 is 2.29 bits per heavy atom. The fourth-order valence-electron chi connectivity index (χ4n) is 2.05. The van der Waals surface area contributed by atoms with Gasteiger partial charge < -0.3 is 16.0 Å². The lowest BCUT2D eigenvalue weighted by atomic mass is 10.0. The molecule has 1 rings (SSSR count). The second kappa shape index (κ2) is 9.12. The molecule has 1 aromatic rings. The van der Waals surface area contributed by atoms with E-state index in [9.17, 15) is 13.2 Å². The van der Waals surface area contributed by atoms with Crippen molar-refractivity contribution in [3.05, 3.63) is 24.3 Å². The van der Waals surface area contributed by atoms with E-state index in [1.165, 1.54) is 12.1 Å². The van der Waals surface area contributed by atoms with Crippen molar-refractivity contribution in [3.8, 4) is 0 Å². The lowest BCUT2D eigenvalue weighted by Gasteiger charge is -2.14. The number of nitrogens with two attached hydrogens (primary N) is 1. The Balaban J connectivity index is 2.66. The SMILES string of the molecule is CC(C)CC(N)C(=O)Nc1ccc(S(=O)(=O)NCCN(C)C)cc1. The minimum Gasteiger partial charge on any atom is -0.325 e. The third-order valence-electron chi connectivity index (χ3n) is 3.35. The minimum absolute atomic E-state index is 0.158. The first-order valence-corrected chi connectivity index (χ1v) is 9.41. The number of nitrogens with one attached hydrogen (secondary N) is 2. The van der Waals surface area contributed by atoms with Gasteiger partial charge in [0.2, 0.25) is 15.9 Å². The van der Waals surface area contributed by atoms with E-state index in [0.717, 1.165) is 0 Å². The summed E-state index contributed by atoms with van der Waals surface area (Å²) in [6, 6.07) is 5.45. The number of benzene rings is 1. The zero-order chi connectivity index (χ0) is 18.3. The predicted molar refractivity (Wildman–Crippen MR) is 96.2 cm³/mol. The van der Waals surface area contributed by atoms with Gasteiger partial charge in [-0.15, -0.1) is 0 Å². The number of nitrogens with zero attached hydrogens (tertiary/aromatic N) is 1. The molecular formula is C16H28N4O3S. The van der Waals surface area contributed by atoms with Crippen LogP contribution in [0.15, 0.2) is 29.2 Å². The Morgan fingerprint density at radius 2 is 1.79 bits per heavy atom. The van der Waals surface area contributed by atoms with Crippen LogP contribution in [0.2, 0.25) is 0 Å². The average Bonchev–Trinajstić information content (AvgIpc) is 2.46. The van der Waals surface area contributed by atoms with Gasteiger partial charge in [-0.05, 0) is 50.7 Å². The van der Waals surface area contributed by atoms with E-state index < -0.39 is 16.1 Å². The van der Waals surface area contributed by atoms with Crippen LogP contribution in [0.3, 0.4) is 0 Å². The number of amides is 1. The van der Waals surface area contributed by atoms with Gasteiger partial charge in [-0.2, -0.15) is 0 Å². The quantitative estimate of drug-likeness (QED) is 0.608. The number of hydrogen-bond donors (Lipinski definition) is 3. The zero-order valence-corrected chi connectivity index (χ0v) is 15.6. The summed E-state index contributed by atoms with van der Waals surface area (Å²) in [6.07, 6.45) is 0.591. The molecule has 0 aliphatic carbocycles. The fourth-order valence-corrected chi connectivity index (χ4v) is 3.08. The predicted octanol–water partition coefficient (Wildman–Crippen LogP) is 0.838. The van der Waals surface area contributed by atoms with E-state index in [2.05, 4.69) is 10.0 Å². The molecule has 0 saturated heterocycles. The maximum atomic E-state index is 12.1. The lowest BCUT2D eigenvalue weighted by molar-refractivity contribution is -0.117. The Morgan fingerprint density at radius 1 is 1.21 bits per heavy atom. The molecule has 0 radical (unpaired) electrons. The number of likely N-dealkylation sites (N-methyl/N-ethyl adjacent to an activating group) is 1. The monoisotopic (exact) mass is 356 g/mol. The van der Waals surface area contributed by atoms with Gasteiger partial charge in [-0.1, -0.05) is 13.8 Å². The van der Waals surface area contributed by atoms with Crippen molar-refractivity contribution < 1.29 is 13.2 Å². The first-order valence-electron chi connectivity index (χ1n) is 7.92. The first-order chi connectivity index (χ1) is 11.1. The molecule has 0 aromatic heterocycles. The minimum atomic E-state index is -3.55. The van der Waals surface area contributed by atoms with Gasteiger partial charge >= 0.3 is 0 Å². The number of rotatable bonds is 9. The molecule has 1 aromatic carbocycles. The molecule has 0 aliphatic rings. The average molecular weight is 356 g/mol. The summed E-state index contributed by atoms with van der Waals surface area (Å²) in [5.41, 5.74) is 6.34. The molecule has 0 fully saturated rings. The van der Waals surface area contributed by atoms with E-state index in [1.54, 1.807) is 12.1 Å². The molecular weight excluding hydrogens is 328 g/mol. The standard InChI is InChI=1S/C16H28N4O3S/c1-12(2)11-15(17)16(21)19-13-5-7-14(8-6-13)24(22,23)18-9-10-20(3)4/h5-8,12,15,18H,9-11,17H2,1-4H3,(H,19,21). The van der Waals surface area contributed by atoms with Crippen molar-refractivity contribution in [2.75, 3.05) is 32.5 Å². The highest BCUT2D eigenvalue weighted by Crippen LogP contribution is 2.14. The molecule has 1 amide bonds. The van der Waals surface area contributed by atoms with E-state index in [1.807, 2.05) is 32.8 Å². The van der Waals surface area contributed by atoms with E-state index in [4.69, 9.17) is 5.73 Å². The van der Waals surface area contributed by atoms with Crippen LogP contribution >= 0.6 is 0 Å². The topological polar surface area (TPSA) is 105 Å². The number of carbonyl (C=O) groups excluding carboxylic acids is 1. The van der Waals surface area contributed by atoms with Crippen LogP contribution in [0.4, 0.5) is 5.69 Å². The third kappa shape index (κ3) is 6.96. The summed E-state index contributed by atoms with van der Waals surface area (Å²) in [5, 5.41) is 2.70. The number of anilines is 1. The summed E-state index contributed by atoms with van der Waals surface area (Å²) in [6.45, 7) is 4.94. The molecule has 4 N–H and O–H groups in total. The van der Waals surface area contributed by atoms with Gasteiger partial charge in [0.1, 0.15) is 0 Å². The zero-order valence-electron chi connectivity index (χ0n) is 14.7. The largest absolute Gasteiger partial charge is 0.325 e. The molecule has 24 heavy (non-hydrogen) atoms. The molecule has 0 heterocycles. The van der Waals surface area contributed by atoms with Crippen LogP contribution in [0.5, 0.6) is 0 Å². The van der Waals surface area contributed by atoms with Crippen LogP contribution in [0.1, 0.15) is 20.3 Å². The highest BCUT2D eigenvalue weighted by Gasteiger charge is 2.16. The van der Waals surface area contributed by atoms with Gasteiger partial charge in [0.05, 0.1) is 10.9 Å². The summed E-state index contributed by atoms with van der Waals surface area (Å²) in [7, 11) is 0.194. The van der Waals surface area contributed by atoms with Crippen LogP contribution < -0.4 is 15.8 Å². The van der Waals surface area contributed by atoms with E-state index in [-0.39, 0.29) is 10.8 Å². The van der Waals surface area contributed by atoms with Gasteiger partial charge in [-0.3, -0.25) is 4.79 Å². The maximum absolute atomic E-state index is 12.1. The Bertz CT molecular complexity index is 627. The summed E-state index contributed by atoms with van der Waals surface area (Å²) in [4.78, 5) is 14.0. The number of sulfonamides is 1. The Hall–Kier alpha value is -1.48. The van der Waals surface area contributed by atoms with E-state index in [0.29, 0.717) is 31.1 Å². The van der Waals surface area contributed by atoms with Crippen molar-refractivity contribution in [2.45, 2.75) is 31.2 Å². The summed E-state index contributed by atoms with van der Waals surface area (Å²) < 4.78 is 26.8. The Labute approximate surface area is 144 Å². The normalized spacial score (nSPS) is 13.3.